The van der Waals surface area contributed by atoms with E-state index in [1.54, 1.807) is 24.3 Å². The molecule has 0 aliphatic heterocycles. The number of anilines is 1. The first-order valence-corrected chi connectivity index (χ1v) is 5.79. The summed E-state index contributed by atoms with van der Waals surface area (Å²) >= 11 is 0. The van der Waals surface area contributed by atoms with Gasteiger partial charge in [0.25, 0.3) is 0 Å². The number of aromatic carboxylic acids is 1. The Kier molecular flexibility index (Phi) is 5.90. The van der Waals surface area contributed by atoms with Gasteiger partial charge in [-0.3, -0.25) is 0 Å². The van der Waals surface area contributed by atoms with Crippen LogP contribution in [-0.2, 0) is 0 Å². The van der Waals surface area contributed by atoms with Crippen LogP contribution >= 0.6 is 0 Å². The van der Waals surface area contributed by atoms with Gasteiger partial charge in [0.1, 0.15) is 0 Å². The number of azo groups is 1. The first-order chi connectivity index (χ1) is 9.47. The summed E-state index contributed by atoms with van der Waals surface area (Å²) in [4.78, 5) is 11.0. The summed E-state index contributed by atoms with van der Waals surface area (Å²) in [5.41, 5.74) is 7.07. The smallest absolute Gasteiger partial charge is 0.872 e. The zero-order chi connectivity index (χ0) is 14.7. The van der Waals surface area contributed by atoms with Crippen molar-refractivity contribution in [1.29, 1.82) is 0 Å². The SMILES string of the molecule is Cc1cc(N=Nc2ccc(N)cc2)cc(C(=O)O)c1[O-].[Na+]. The Morgan fingerprint density at radius 1 is 1.14 bits per heavy atom. The number of nitrogen functional groups attached to an aromatic ring is 1. The molecule has 3 N–H and O–H groups in total. The maximum Gasteiger partial charge on any atom is 1.00 e. The van der Waals surface area contributed by atoms with Gasteiger partial charge in [-0.25, -0.2) is 4.79 Å². The molecule has 0 aromatic heterocycles. The second-order valence-electron chi connectivity index (χ2n) is 4.24. The molecule has 0 saturated carbocycles. The number of benzene rings is 2. The molecule has 0 saturated heterocycles. The average Bonchev–Trinajstić information content (AvgIpc) is 2.41. The van der Waals surface area contributed by atoms with E-state index in [1.807, 2.05) is 0 Å². The van der Waals surface area contributed by atoms with Crippen LogP contribution in [0.4, 0.5) is 17.1 Å². The van der Waals surface area contributed by atoms with Crippen molar-refractivity contribution >= 4 is 23.0 Å². The predicted octanol–water partition coefficient (Wildman–Crippen LogP) is -0.232. The Hall–Kier alpha value is -1.89. The number of carboxylic acid groups (broad SMARTS) is 1. The molecule has 0 spiro atoms. The number of rotatable bonds is 3. The number of aryl methyl sites for hydroxylation is 1. The third kappa shape index (κ3) is 4.29. The third-order valence-corrected chi connectivity index (χ3v) is 2.66. The number of hydrogen-bond donors (Lipinski definition) is 2. The molecule has 2 aromatic carbocycles. The molecule has 7 heteroatoms. The van der Waals surface area contributed by atoms with E-state index < -0.39 is 11.7 Å². The summed E-state index contributed by atoms with van der Waals surface area (Å²) in [7, 11) is 0. The van der Waals surface area contributed by atoms with Crippen LogP contribution in [0.2, 0.25) is 0 Å². The quantitative estimate of drug-likeness (QED) is 0.462. The van der Waals surface area contributed by atoms with Crippen LogP contribution in [0.25, 0.3) is 0 Å². The first kappa shape index (κ1) is 17.2. The van der Waals surface area contributed by atoms with Gasteiger partial charge in [-0.15, -0.1) is 0 Å². The number of carboxylic acids is 1. The van der Waals surface area contributed by atoms with Gasteiger partial charge in [-0.1, -0.05) is 11.3 Å². The molecule has 0 heterocycles. The van der Waals surface area contributed by atoms with Crippen molar-refractivity contribution in [2.75, 3.05) is 5.73 Å². The van der Waals surface area contributed by atoms with Crippen LogP contribution in [-0.4, -0.2) is 11.1 Å². The predicted molar refractivity (Wildman–Crippen MR) is 72.6 cm³/mol. The average molecular weight is 293 g/mol. The Labute approximate surface area is 143 Å². The van der Waals surface area contributed by atoms with E-state index in [0.717, 1.165) is 0 Å². The second kappa shape index (κ2) is 7.21. The fraction of sp³-hybridized carbons (Fsp3) is 0.0714. The normalized spacial score (nSPS) is 10.3. The summed E-state index contributed by atoms with van der Waals surface area (Å²) in [6.07, 6.45) is 0. The van der Waals surface area contributed by atoms with Crippen LogP contribution < -0.4 is 40.4 Å². The van der Waals surface area contributed by atoms with Gasteiger partial charge in [-0.05, 0) is 43.3 Å². The molecule has 0 bridgehead atoms. The Bertz CT molecular complexity index is 685. The molecule has 0 aliphatic carbocycles. The van der Waals surface area contributed by atoms with E-state index in [9.17, 15) is 9.90 Å². The van der Waals surface area contributed by atoms with E-state index in [4.69, 9.17) is 10.8 Å². The zero-order valence-electron chi connectivity index (χ0n) is 11.7. The van der Waals surface area contributed by atoms with Crippen molar-refractivity contribution in [2.24, 2.45) is 10.2 Å². The summed E-state index contributed by atoms with van der Waals surface area (Å²) in [6.45, 7) is 1.54. The van der Waals surface area contributed by atoms with Crippen molar-refractivity contribution in [2.45, 2.75) is 6.92 Å². The molecule has 6 nitrogen and oxygen atoms in total. The number of nitrogens with zero attached hydrogens (tertiary/aromatic N) is 2. The fourth-order valence-electron chi connectivity index (χ4n) is 1.63. The number of carbonyl (C=O) groups is 1. The number of hydrogen-bond acceptors (Lipinski definition) is 5. The minimum absolute atomic E-state index is 0. The molecule has 0 amide bonds. The van der Waals surface area contributed by atoms with Gasteiger partial charge in [-0.2, -0.15) is 10.2 Å². The van der Waals surface area contributed by atoms with Crippen LogP contribution in [0.15, 0.2) is 46.6 Å². The molecule has 0 unspecified atom stereocenters. The van der Waals surface area contributed by atoms with E-state index in [2.05, 4.69) is 10.2 Å². The molecule has 102 valence electrons. The fourth-order valence-corrected chi connectivity index (χ4v) is 1.63. The Balaban J connectivity index is 0.00000220. The van der Waals surface area contributed by atoms with Crippen LogP contribution in [0.5, 0.6) is 5.75 Å². The standard InChI is InChI=1S/C14H13N3O3.Na/c1-8-6-11(7-12(13(8)18)14(19)20)17-16-10-4-2-9(15)3-5-10;/h2-7,18H,15H2,1H3,(H,19,20);/q;+1/p-1. The van der Waals surface area contributed by atoms with Crippen molar-refractivity contribution in [3.8, 4) is 5.75 Å². The van der Waals surface area contributed by atoms with E-state index in [-0.39, 0.29) is 35.1 Å². The van der Waals surface area contributed by atoms with Crippen molar-refractivity contribution in [3.63, 3.8) is 0 Å². The summed E-state index contributed by atoms with van der Waals surface area (Å²) in [5, 5.41) is 28.4. The minimum atomic E-state index is -1.28. The van der Waals surface area contributed by atoms with Crippen molar-refractivity contribution in [3.05, 3.63) is 47.5 Å². The summed E-state index contributed by atoms with van der Waals surface area (Å²) < 4.78 is 0. The molecule has 0 atom stereocenters. The molecule has 2 rings (SSSR count). The maximum absolute atomic E-state index is 11.6. The minimum Gasteiger partial charge on any atom is -0.872 e. The Morgan fingerprint density at radius 2 is 1.71 bits per heavy atom. The topological polar surface area (TPSA) is 111 Å². The van der Waals surface area contributed by atoms with Crippen LogP contribution in [0.3, 0.4) is 0 Å². The molecular weight excluding hydrogens is 281 g/mol. The Morgan fingerprint density at radius 3 is 2.29 bits per heavy atom. The van der Waals surface area contributed by atoms with Gasteiger partial charge in [0.2, 0.25) is 0 Å². The molecule has 0 aliphatic rings. The van der Waals surface area contributed by atoms with Gasteiger partial charge in [0.05, 0.1) is 16.9 Å². The monoisotopic (exact) mass is 293 g/mol. The molecule has 0 radical (unpaired) electrons. The zero-order valence-corrected chi connectivity index (χ0v) is 13.7. The molecule has 2 aromatic rings. The van der Waals surface area contributed by atoms with Gasteiger partial charge < -0.3 is 15.9 Å². The van der Waals surface area contributed by atoms with Gasteiger partial charge in [0.15, 0.2) is 0 Å². The van der Waals surface area contributed by atoms with Gasteiger partial charge >= 0.3 is 35.5 Å². The van der Waals surface area contributed by atoms with E-state index in [0.29, 0.717) is 22.6 Å². The molecule has 21 heavy (non-hydrogen) atoms. The largest absolute Gasteiger partial charge is 1.00 e. The van der Waals surface area contributed by atoms with E-state index >= 15 is 0 Å². The van der Waals surface area contributed by atoms with E-state index in [1.165, 1.54) is 19.1 Å². The summed E-state index contributed by atoms with van der Waals surface area (Å²) in [5.74, 6) is -1.79. The first-order valence-electron chi connectivity index (χ1n) is 5.79. The van der Waals surface area contributed by atoms with Crippen molar-refractivity contribution < 1.29 is 44.6 Å². The van der Waals surface area contributed by atoms with Crippen molar-refractivity contribution in [1.82, 2.24) is 0 Å². The summed E-state index contributed by atoms with van der Waals surface area (Å²) in [6, 6.07) is 9.44. The second-order valence-corrected chi connectivity index (χ2v) is 4.24. The number of nitrogens with two attached hydrogens (primary N) is 1. The van der Waals surface area contributed by atoms with Gasteiger partial charge in [0, 0.05) is 5.69 Å². The third-order valence-electron chi connectivity index (χ3n) is 2.66. The molecular formula is C14H12N3NaO3. The molecule has 0 fully saturated rings. The van der Waals surface area contributed by atoms with Crippen LogP contribution in [0, 0.1) is 6.92 Å². The maximum atomic E-state index is 11.6. The van der Waals surface area contributed by atoms with Crippen LogP contribution in [0.1, 0.15) is 15.9 Å².